The highest BCUT2D eigenvalue weighted by Gasteiger charge is 2.35. The first-order valence-corrected chi connectivity index (χ1v) is 9.91. The molecule has 2 unspecified atom stereocenters. The number of rotatable bonds is 1. The van der Waals surface area contributed by atoms with E-state index >= 15 is 0 Å². The van der Waals surface area contributed by atoms with E-state index < -0.39 is 10.4 Å². The second-order valence-corrected chi connectivity index (χ2v) is 7.51. The molecule has 0 radical (unpaired) electrons. The molecule has 2 bridgehead atoms. The average molecular weight is 394 g/mol. The van der Waals surface area contributed by atoms with Gasteiger partial charge in [-0.1, -0.05) is 6.08 Å². The van der Waals surface area contributed by atoms with Crippen LogP contribution in [-0.2, 0) is 16.9 Å². The van der Waals surface area contributed by atoms with E-state index in [2.05, 4.69) is 16.0 Å². The Kier molecular flexibility index (Phi) is 5.38. The number of carbonyl (C=O) groups excluding carboxylic acids is 1. The van der Waals surface area contributed by atoms with Gasteiger partial charge in [0.05, 0.1) is 12.8 Å². The maximum absolute atomic E-state index is 13.0. The van der Waals surface area contributed by atoms with E-state index in [0.29, 0.717) is 0 Å². The third-order valence-corrected chi connectivity index (χ3v) is 5.02. The van der Waals surface area contributed by atoms with Gasteiger partial charge in [-0.3, -0.25) is 18.8 Å². The molecule has 2 aromatic rings. The summed E-state index contributed by atoms with van der Waals surface area (Å²) in [7, 11) is -2.99. The third kappa shape index (κ3) is 4.22. The van der Waals surface area contributed by atoms with E-state index in [4.69, 9.17) is 22.3 Å². The van der Waals surface area contributed by atoms with E-state index in [1.165, 1.54) is 5.57 Å². The number of hydrogen-bond acceptors (Lipinski definition) is 5. The maximum Gasteiger partial charge on any atom is 0.394 e. The molecular formula is C18H22N2O6S. The lowest BCUT2D eigenvalue weighted by molar-refractivity contribution is 0.0875. The predicted octanol–water partition coefficient (Wildman–Crippen LogP) is 2.49. The number of carbonyl (C=O) groups is 1. The summed E-state index contributed by atoms with van der Waals surface area (Å²) < 4.78 is 36.9. The molecule has 3 aliphatic rings. The minimum absolute atomic E-state index is 0.0373. The number of fused-ring (bicyclic) bond motifs is 3. The molecule has 0 spiro atoms. The van der Waals surface area contributed by atoms with Crippen molar-refractivity contribution in [1.82, 2.24) is 9.88 Å². The zero-order chi connectivity index (χ0) is 19.8. The van der Waals surface area contributed by atoms with Crippen LogP contribution in [0.15, 0.2) is 29.8 Å². The molecule has 1 fully saturated rings. The number of Topliss-reactive ketones (excluding diaryl/α,β-unsaturated/α-hetero) is 1. The van der Waals surface area contributed by atoms with Gasteiger partial charge in [-0.25, -0.2) is 0 Å². The quantitative estimate of drug-likeness (QED) is 0.502. The Morgan fingerprint density at radius 2 is 2.00 bits per heavy atom. The SMILES string of the molecule is C/C=C1/CN2CCC1C(=O)c1[nH]c3ccc(OC)cc3c1C2.O=S(=O)(O)O. The number of allylic oxidation sites excluding steroid dienone is 1. The van der Waals surface area contributed by atoms with Gasteiger partial charge >= 0.3 is 10.4 Å². The van der Waals surface area contributed by atoms with Crippen LogP contribution in [0.2, 0.25) is 0 Å². The molecule has 1 aromatic carbocycles. The molecule has 2 atom stereocenters. The van der Waals surface area contributed by atoms with Gasteiger partial charge in [0, 0.05) is 35.5 Å². The summed E-state index contributed by atoms with van der Waals surface area (Å²) in [5.41, 5.74) is 4.19. The van der Waals surface area contributed by atoms with Gasteiger partial charge < -0.3 is 9.72 Å². The highest BCUT2D eigenvalue weighted by Crippen LogP contribution is 2.36. The van der Waals surface area contributed by atoms with Crippen LogP contribution in [-0.4, -0.2) is 53.4 Å². The molecule has 0 saturated carbocycles. The molecule has 1 saturated heterocycles. The fraction of sp³-hybridized carbons (Fsp3) is 0.389. The summed E-state index contributed by atoms with van der Waals surface area (Å²) in [4.78, 5) is 18.8. The number of hydrogen-bond donors (Lipinski definition) is 3. The first-order valence-electron chi connectivity index (χ1n) is 8.51. The Morgan fingerprint density at radius 3 is 2.63 bits per heavy atom. The average Bonchev–Trinajstić information content (AvgIpc) is 2.95. The van der Waals surface area contributed by atoms with Crippen molar-refractivity contribution in [3.05, 3.63) is 41.1 Å². The van der Waals surface area contributed by atoms with Gasteiger partial charge in [-0.05, 0) is 43.7 Å². The van der Waals surface area contributed by atoms with Gasteiger partial charge in [0.15, 0.2) is 5.78 Å². The highest BCUT2D eigenvalue weighted by molar-refractivity contribution is 7.79. The van der Waals surface area contributed by atoms with E-state index in [0.717, 1.165) is 54.0 Å². The summed E-state index contributed by atoms with van der Waals surface area (Å²) in [6, 6.07) is 5.97. The number of nitrogens with zero attached hydrogens (tertiary/aromatic N) is 1. The van der Waals surface area contributed by atoms with Gasteiger partial charge in [-0.2, -0.15) is 8.42 Å². The number of piperidine rings is 1. The van der Waals surface area contributed by atoms with Crippen molar-refractivity contribution in [1.29, 1.82) is 0 Å². The van der Waals surface area contributed by atoms with Gasteiger partial charge in [0.25, 0.3) is 0 Å². The number of H-pyrrole nitrogens is 1. The van der Waals surface area contributed by atoms with E-state index in [1.807, 2.05) is 25.1 Å². The number of methoxy groups -OCH3 is 1. The fourth-order valence-electron chi connectivity index (χ4n) is 3.80. The second kappa shape index (κ2) is 7.43. The molecule has 146 valence electrons. The summed E-state index contributed by atoms with van der Waals surface area (Å²) in [6.45, 7) is 4.75. The van der Waals surface area contributed by atoms with Crippen molar-refractivity contribution in [2.45, 2.75) is 19.9 Å². The van der Waals surface area contributed by atoms with Crippen LogP contribution in [0.1, 0.15) is 29.4 Å². The molecule has 3 N–H and O–H groups in total. The van der Waals surface area contributed by atoms with Crippen LogP contribution in [0.5, 0.6) is 5.75 Å². The van der Waals surface area contributed by atoms with Crippen molar-refractivity contribution in [3.63, 3.8) is 0 Å². The molecule has 8 nitrogen and oxygen atoms in total. The molecule has 3 aliphatic heterocycles. The lowest BCUT2D eigenvalue weighted by Crippen LogP contribution is -2.40. The topological polar surface area (TPSA) is 120 Å². The number of ether oxygens (including phenoxy) is 1. The predicted molar refractivity (Wildman–Crippen MR) is 100 cm³/mol. The molecule has 5 rings (SSSR count). The minimum Gasteiger partial charge on any atom is -0.497 e. The van der Waals surface area contributed by atoms with Crippen LogP contribution in [0.3, 0.4) is 0 Å². The molecule has 1 aromatic heterocycles. The largest absolute Gasteiger partial charge is 0.497 e. The summed E-state index contributed by atoms with van der Waals surface area (Å²) in [5.74, 6) is 1.12. The van der Waals surface area contributed by atoms with Crippen molar-refractivity contribution < 1.29 is 27.1 Å². The monoisotopic (exact) mass is 394 g/mol. The van der Waals surface area contributed by atoms with E-state index in [1.54, 1.807) is 7.11 Å². The first-order chi connectivity index (χ1) is 12.7. The Bertz CT molecular complexity index is 1000. The Labute approximate surface area is 157 Å². The molecule has 4 heterocycles. The Morgan fingerprint density at radius 1 is 1.30 bits per heavy atom. The maximum atomic E-state index is 13.0. The standard InChI is InChI=1S/C18H20N2O2.H2O4S/c1-3-11-9-20-7-6-13(11)18(21)17-15(10-20)14-8-12(22-2)4-5-16(14)19-17;1-5(2,3)4/h3-5,8,13,19H,6-7,9-10H2,1-2H3;(H2,1,2,3,4)/b11-3-;. The van der Waals surface area contributed by atoms with Crippen LogP contribution >= 0.6 is 0 Å². The molecular weight excluding hydrogens is 372 g/mol. The zero-order valence-electron chi connectivity index (χ0n) is 15.1. The number of ketones is 1. The minimum atomic E-state index is -4.67. The number of aromatic amines is 1. The second-order valence-electron chi connectivity index (χ2n) is 6.62. The molecule has 9 heteroatoms. The van der Waals surface area contributed by atoms with Crippen molar-refractivity contribution in [2.75, 3.05) is 20.2 Å². The van der Waals surface area contributed by atoms with Gasteiger partial charge in [0.2, 0.25) is 0 Å². The molecule has 0 amide bonds. The number of benzene rings is 1. The highest BCUT2D eigenvalue weighted by atomic mass is 32.3. The van der Waals surface area contributed by atoms with E-state index in [9.17, 15) is 4.79 Å². The lowest BCUT2D eigenvalue weighted by atomic mass is 9.83. The van der Waals surface area contributed by atoms with Crippen molar-refractivity contribution >= 4 is 27.1 Å². The lowest BCUT2D eigenvalue weighted by Gasteiger charge is -2.36. The summed E-state index contributed by atoms with van der Waals surface area (Å²) in [5, 5.41) is 1.11. The molecule has 27 heavy (non-hydrogen) atoms. The van der Waals surface area contributed by atoms with Gasteiger partial charge in [0.1, 0.15) is 5.75 Å². The Balaban J connectivity index is 0.000000376. The van der Waals surface area contributed by atoms with Crippen molar-refractivity contribution in [3.8, 4) is 5.75 Å². The van der Waals surface area contributed by atoms with Crippen LogP contribution in [0.4, 0.5) is 0 Å². The zero-order valence-corrected chi connectivity index (χ0v) is 15.9. The number of nitrogens with one attached hydrogen (secondary N) is 1. The summed E-state index contributed by atoms with van der Waals surface area (Å²) in [6.07, 6.45) is 3.04. The smallest absolute Gasteiger partial charge is 0.394 e. The van der Waals surface area contributed by atoms with Crippen LogP contribution in [0, 0.1) is 5.92 Å². The first kappa shape index (κ1) is 19.6. The fourth-order valence-corrected chi connectivity index (χ4v) is 3.80. The number of aromatic nitrogens is 1. The van der Waals surface area contributed by atoms with Crippen LogP contribution < -0.4 is 4.74 Å². The van der Waals surface area contributed by atoms with Gasteiger partial charge in [-0.15, -0.1) is 0 Å². The Hall–Kier alpha value is -2.20. The third-order valence-electron chi connectivity index (χ3n) is 5.02. The van der Waals surface area contributed by atoms with E-state index in [-0.39, 0.29) is 11.7 Å². The normalized spacial score (nSPS) is 23.4. The van der Waals surface area contributed by atoms with Crippen molar-refractivity contribution in [2.24, 2.45) is 5.92 Å². The summed E-state index contributed by atoms with van der Waals surface area (Å²) >= 11 is 0. The molecule has 0 aliphatic carbocycles. The van der Waals surface area contributed by atoms with Crippen LogP contribution in [0.25, 0.3) is 10.9 Å².